The van der Waals surface area contributed by atoms with E-state index in [9.17, 15) is 13.2 Å². The lowest BCUT2D eigenvalue weighted by Crippen LogP contribution is -2.23. The van der Waals surface area contributed by atoms with E-state index in [0.717, 1.165) is 16.7 Å². The Balaban J connectivity index is 2.11. The number of nitrogens with one attached hydrogen (secondary N) is 1. The van der Waals surface area contributed by atoms with E-state index in [1.54, 1.807) is 12.2 Å². The maximum absolute atomic E-state index is 12.3. The number of rotatable bonds is 3. The van der Waals surface area contributed by atoms with Gasteiger partial charge in [-0.3, -0.25) is 0 Å². The summed E-state index contributed by atoms with van der Waals surface area (Å²) >= 11 is 0. The first kappa shape index (κ1) is 16.7. The van der Waals surface area contributed by atoms with Gasteiger partial charge in [0.1, 0.15) is 0 Å². The normalized spacial score (nSPS) is 21.3. The minimum atomic E-state index is -3.64. The van der Waals surface area contributed by atoms with Gasteiger partial charge in [-0.15, -0.1) is 0 Å². The molecule has 1 heterocycles. The Morgan fingerprint density at radius 1 is 1.08 bits per heavy atom. The lowest BCUT2D eigenvalue weighted by atomic mass is 9.90. The monoisotopic (exact) mass is 345 g/mol. The average Bonchev–Trinajstić information content (AvgIpc) is 3.01. The van der Waals surface area contributed by atoms with Crippen molar-refractivity contribution >= 4 is 21.6 Å². The number of carbonyl (C=O) groups is 1. The number of benzene rings is 1. The van der Waals surface area contributed by atoms with Gasteiger partial charge in [-0.25, -0.2) is 17.9 Å². The lowest BCUT2D eigenvalue weighted by Gasteiger charge is -2.20. The molecule has 1 aromatic carbocycles. The molecule has 24 heavy (non-hydrogen) atoms. The van der Waals surface area contributed by atoms with Crippen LogP contribution in [0.1, 0.15) is 24.0 Å². The Morgan fingerprint density at radius 2 is 1.79 bits per heavy atom. The largest absolute Gasteiger partial charge is 0.462 e. The predicted octanol–water partition coefficient (Wildman–Crippen LogP) is 2.46. The van der Waals surface area contributed by atoms with E-state index in [0.29, 0.717) is 30.6 Å². The third-order valence-corrected chi connectivity index (χ3v) is 5.78. The highest BCUT2D eigenvalue weighted by atomic mass is 32.2. The van der Waals surface area contributed by atoms with Gasteiger partial charge in [0.2, 0.25) is 10.0 Å². The van der Waals surface area contributed by atoms with Gasteiger partial charge in [0.05, 0.1) is 11.5 Å². The summed E-state index contributed by atoms with van der Waals surface area (Å²) in [7, 11) is -2.28. The second-order valence-electron chi connectivity index (χ2n) is 5.82. The first-order valence-electron chi connectivity index (χ1n) is 7.73. The van der Waals surface area contributed by atoms with Crippen LogP contribution in [-0.4, -0.2) is 28.0 Å². The van der Waals surface area contributed by atoms with Gasteiger partial charge in [-0.05, 0) is 43.2 Å². The van der Waals surface area contributed by atoms with Crippen molar-refractivity contribution in [2.24, 2.45) is 0 Å². The molecule has 3 rings (SSSR count). The highest BCUT2D eigenvalue weighted by Gasteiger charge is 2.31. The average molecular weight is 345 g/mol. The van der Waals surface area contributed by atoms with E-state index in [1.165, 1.54) is 7.05 Å². The summed E-state index contributed by atoms with van der Waals surface area (Å²) < 4.78 is 32.0. The zero-order valence-corrected chi connectivity index (χ0v) is 14.4. The smallest absolute Gasteiger partial charge is 0.334 e. The molecule has 0 atom stereocenters. The molecule has 1 N–H and O–H groups in total. The van der Waals surface area contributed by atoms with Crippen molar-refractivity contribution in [3.63, 3.8) is 0 Å². The summed E-state index contributed by atoms with van der Waals surface area (Å²) in [6, 6.07) is 8.02. The van der Waals surface area contributed by atoms with Gasteiger partial charge in [-0.2, -0.15) is 0 Å². The number of aryl methyl sites for hydroxylation is 1. The van der Waals surface area contributed by atoms with Crippen molar-refractivity contribution in [1.29, 1.82) is 0 Å². The number of hydrogen-bond donors (Lipinski definition) is 1. The van der Waals surface area contributed by atoms with Crippen LogP contribution in [0.3, 0.4) is 0 Å². The summed E-state index contributed by atoms with van der Waals surface area (Å²) in [6.45, 7) is 2.31. The van der Waals surface area contributed by atoms with E-state index in [-0.39, 0.29) is 4.91 Å². The molecule has 1 aliphatic carbocycles. The fraction of sp³-hybridized carbons (Fsp3) is 0.278. The van der Waals surface area contributed by atoms with Crippen LogP contribution in [0.15, 0.2) is 52.5 Å². The Bertz CT molecular complexity index is 874. The van der Waals surface area contributed by atoms with Crippen molar-refractivity contribution in [2.45, 2.75) is 19.8 Å². The van der Waals surface area contributed by atoms with Gasteiger partial charge in [0, 0.05) is 12.0 Å². The van der Waals surface area contributed by atoms with Crippen LogP contribution in [0.2, 0.25) is 0 Å². The molecule has 1 aromatic rings. The van der Waals surface area contributed by atoms with E-state index in [4.69, 9.17) is 4.74 Å². The molecule has 0 radical (unpaired) electrons. The highest BCUT2D eigenvalue weighted by molar-refractivity contribution is 7.93. The van der Waals surface area contributed by atoms with Gasteiger partial charge < -0.3 is 4.74 Å². The molecule has 0 unspecified atom stereocenters. The standard InChI is InChI=1S/C18H19NO4S/c1-12-3-5-13(6-4-12)14-7-8-17(24(21,22)19-2)16(11-14)15-9-10-23-18(15)20/h3-8,19H,9-11H2,1-2H3. The molecule has 0 spiro atoms. The van der Waals surface area contributed by atoms with Crippen LogP contribution >= 0.6 is 0 Å². The Kier molecular flexibility index (Phi) is 4.43. The lowest BCUT2D eigenvalue weighted by molar-refractivity contribution is -0.135. The summed E-state index contributed by atoms with van der Waals surface area (Å²) in [5, 5.41) is 0. The van der Waals surface area contributed by atoms with Gasteiger partial charge in [-0.1, -0.05) is 35.9 Å². The molecule has 5 nitrogen and oxygen atoms in total. The van der Waals surface area contributed by atoms with Crippen LogP contribution in [0.4, 0.5) is 0 Å². The number of ether oxygens (including phenoxy) is 1. The summed E-state index contributed by atoms with van der Waals surface area (Å²) in [6.07, 6.45) is 4.20. The van der Waals surface area contributed by atoms with Gasteiger partial charge >= 0.3 is 5.97 Å². The highest BCUT2D eigenvalue weighted by Crippen LogP contribution is 2.37. The quantitative estimate of drug-likeness (QED) is 0.675. The zero-order valence-electron chi connectivity index (χ0n) is 13.6. The van der Waals surface area contributed by atoms with Crippen molar-refractivity contribution in [1.82, 2.24) is 4.72 Å². The van der Waals surface area contributed by atoms with E-state index in [1.807, 2.05) is 31.2 Å². The Hall–Kier alpha value is -2.18. The first-order chi connectivity index (χ1) is 11.4. The minimum absolute atomic E-state index is 0.148. The second kappa shape index (κ2) is 6.37. The molecule has 0 aromatic heterocycles. The number of sulfonamides is 1. The molecule has 1 saturated heterocycles. The van der Waals surface area contributed by atoms with E-state index >= 15 is 0 Å². The molecular weight excluding hydrogens is 326 g/mol. The number of carbonyl (C=O) groups excluding carboxylic acids is 1. The fourth-order valence-corrected chi connectivity index (χ4v) is 3.89. The van der Waals surface area contributed by atoms with Crippen LogP contribution in [0.25, 0.3) is 5.57 Å². The molecule has 126 valence electrons. The third-order valence-electron chi connectivity index (χ3n) is 4.28. The van der Waals surface area contributed by atoms with Crippen molar-refractivity contribution in [2.75, 3.05) is 13.7 Å². The van der Waals surface area contributed by atoms with Gasteiger partial charge in [0.25, 0.3) is 0 Å². The summed E-state index contributed by atoms with van der Waals surface area (Å²) in [4.78, 5) is 12.1. The number of allylic oxidation sites excluding steroid dienone is 4. The van der Waals surface area contributed by atoms with Crippen LogP contribution in [0, 0.1) is 6.92 Å². The second-order valence-corrected chi connectivity index (χ2v) is 7.67. The van der Waals surface area contributed by atoms with Crippen LogP contribution in [0.5, 0.6) is 0 Å². The summed E-state index contributed by atoms with van der Waals surface area (Å²) in [5.41, 5.74) is 4.14. The molecule has 0 saturated carbocycles. The number of hydrogen-bond acceptors (Lipinski definition) is 4. The molecular formula is C18H19NO4S. The Morgan fingerprint density at radius 3 is 2.38 bits per heavy atom. The molecule has 0 amide bonds. The minimum Gasteiger partial charge on any atom is -0.462 e. The summed E-state index contributed by atoms with van der Waals surface area (Å²) in [5.74, 6) is -0.424. The van der Waals surface area contributed by atoms with Crippen LogP contribution in [-0.2, 0) is 19.6 Å². The molecule has 1 fully saturated rings. The topological polar surface area (TPSA) is 72.5 Å². The molecule has 2 aliphatic rings. The van der Waals surface area contributed by atoms with Crippen molar-refractivity contribution < 1.29 is 17.9 Å². The molecule has 0 bridgehead atoms. The number of cyclic esters (lactones) is 1. The van der Waals surface area contributed by atoms with Gasteiger partial charge in [0.15, 0.2) is 0 Å². The fourth-order valence-electron chi connectivity index (χ4n) is 2.91. The van der Waals surface area contributed by atoms with E-state index in [2.05, 4.69) is 4.72 Å². The maximum atomic E-state index is 12.3. The first-order valence-corrected chi connectivity index (χ1v) is 9.21. The SMILES string of the molecule is CNS(=O)(=O)C1=CC=C(c2ccc(C)cc2)CC1=C1CCOC1=O. The predicted molar refractivity (Wildman–Crippen MR) is 92.4 cm³/mol. The van der Waals surface area contributed by atoms with Crippen molar-refractivity contribution in [3.05, 3.63) is 63.6 Å². The number of esters is 1. The zero-order chi connectivity index (χ0) is 17.3. The molecule has 1 aliphatic heterocycles. The maximum Gasteiger partial charge on any atom is 0.334 e. The van der Waals surface area contributed by atoms with Crippen LogP contribution < -0.4 is 4.72 Å². The Labute approximate surface area is 141 Å². The third kappa shape index (κ3) is 3.07. The van der Waals surface area contributed by atoms with Crippen molar-refractivity contribution in [3.8, 4) is 0 Å². The van der Waals surface area contributed by atoms with E-state index < -0.39 is 16.0 Å². The molecule has 6 heteroatoms.